The summed E-state index contributed by atoms with van der Waals surface area (Å²) in [4.78, 5) is 10.3. The third kappa shape index (κ3) is 5.72. The lowest BCUT2D eigenvalue weighted by molar-refractivity contribution is 0.669. The van der Waals surface area contributed by atoms with E-state index in [0.29, 0.717) is 0 Å². The van der Waals surface area contributed by atoms with Gasteiger partial charge in [-0.1, -0.05) is 131 Å². The molecule has 9 aromatic rings. The first kappa shape index (κ1) is 32.6. The fourth-order valence-corrected chi connectivity index (χ4v) is 7.72. The van der Waals surface area contributed by atoms with Gasteiger partial charge in [0.25, 0.3) is 0 Å². The maximum absolute atomic E-state index is 6.86. The van der Waals surface area contributed by atoms with Crippen molar-refractivity contribution in [2.24, 2.45) is 0 Å². The highest BCUT2D eigenvalue weighted by Gasteiger charge is 2.26. The molecule has 0 bridgehead atoms. The van der Waals surface area contributed by atoms with Crippen molar-refractivity contribution in [2.75, 3.05) is 0 Å². The predicted octanol–water partition coefficient (Wildman–Crippen LogP) is 13.5. The van der Waals surface area contributed by atoms with Crippen LogP contribution >= 0.6 is 0 Å². The molecule has 0 amide bonds. The topological polar surface area (TPSA) is 43.9 Å². The number of hydrogen-bond donors (Lipinski definition) is 0. The summed E-state index contributed by atoms with van der Waals surface area (Å²) in [6.07, 6.45) is 0. The Balaban J connectivity index is 1.24. The standard InChI is InChI=1S/C49H41N3O/c1-30(2)42-27-38(34-15-10-7-11-16-34)28-43(31(3)4)46(42)52-44-26-19-32(5)50-48(44)51-49(52)41-18-12-17-40-39-25-24-37(29-45(39)53-47(40)41)36-22-20-35(21-23-36)33-13-8-6-9-14-33/h6-31H,1-5H3. The van der Waals surface area contributed by atoms with Gasteiger partial charge in [-0.25, -0.2) is 9.97 Å². The van der Waals surface area contributed by atoms with E-state index in [1.54, 1.807) is 0 Å². The van der Waals surface area contributed by atoms with Crippen molar-refractivity contribution in [3.63, 3.8) is 0 Å². The Labute approximate surface area is 310 Å². The van der Waals surface area contributed by atoms with Gasteiger partial charge in [-0.2, -0.15) is 0 Å². The second-order valence-electron chi connectivity index (χ2n) is 14.7. The van der Waals surface area contributed by atoms with Crippen LogP contribution in [0, 0.1) is 6.92 Å². The molecular weight excluding hydrogens is 647 g/mol. The van der Waals surface area contributed by atoms with E-state index in [1.165, 1.54) is 39.1 Å². The van der Waals surface area contributed by atoms with Crippen molar-refractivity contribution in [1.29, 1.82) is 0 Å². The van der Waals surface area contributed by atoms with Crippen LogP contribution in [-0.2, 0) is 0 Å². The first-order chi connectivity index (χ1) is 25.8. The molecule has 0 saturated heterocycles. The smallest absolute Gasteiger partial charge is 0.178 e. The van der Waals surface area contributed by atoms with Gasteiger partial charge in [0.05, 0.1) is 16.8 Å². The number of aromatic nitrogens is 3. The summed E-state index contributed by atoms with van der Waals surface area (Å²) in [5, 5.41) is 2.15. The number of aryl methyl sites for hydroxylation is 1. The quantitative estimate of drug-likeness (QED) is 0.167. The highest BCUT2D eigenvalue weighted by Crippen LogP contribution is 2.43. The number of benzene rings is 6. The molecule has 4 heteroatoms. The van der Waals surface area contributed by atoms with Crippen LogP contribution in [0.25, 0.3) is 83.6 Å². The average molecular weight is 688 g/mol. The third-order valence-electron chi connectivity index (χ3n) is 10.5. The van der Waals surface area contributed by atoms with Crippen molar-refractivity contribution in [3.05, 3.63) is 162 Å². The molecule has 0 saturated carbocycles. The number of hydrogen-bond acceptors (Lipinski definition) is 3. The summed E-state index contributed by atoms with van der Waals surface area (Å²) in [7, 11) is 0. The van der Waals surface area contributed by atoms with E-state index in [-0.39, 0.29) is 11.8 Å². The zero-order valence-corrected chi connectivity index (χ0v) is 30.8. The molecular formula is C49H41N3O. The molecule has 3 heterocycles. The lowest BCUT2D eigenvalue weighted by Gasteiger charge is -2.24. The van der Waals surface area contributed by atoms with Crippen LogP contribution in [0.5, 0.6) is 0 Å². The molecule has 0 fully saturated rings. The van der Waals surface area contributed by atoms with Crippen LogP contribution in [0.1, 0.15) is 56.4 Å². The fourth-order valence-electron chi connectivity index (χ4n) is 7.72. The first-order valence-corrected chi connectivity index (χ1v) is 18.6. The van der Waals surface area contributed by atoms with Gasteiger partial charge in [-0.15, -0.1) is 0 Å². The number of fused-ring (bicyclic) bond motifs is 4. The number of pyridine rings is 1. The molecule has 6 aromatic carbocycles. The van der Waals surface area contributed by atoms with E-state index >= 15 is 0 Å². The van der Waals surface area contributed by atoms with Crippen molar-refractivity contribution in [1.82, 2.24) is 14.5 Å². The maximum atomic E-state index is 6.86. The lowest BCUT2D eigenvalue weighted by Crippen LogP contribution is -2.09. The van der Waals surface area contributed by atoms with Gasteiger partial charge in [0.15, 0.2) is 11.5 Å². The second-order valence-corrected chi connectivity index (χ2v) is 14.7. The summed E-state index contributed by atoms with van der Waals surface area (Å²) in [6, 6.07) is 51.9. The Bertz CT molecular complexity index is 2740. The Morgan fingerprint density at radius 3 is 1.74 bits per heavy atom. The molecule has 0 N–H and O–H groups in total. The van der Waals surface area contributed by atoms with Gasteiger partial charge in [-0.3, -0.25) is 4.57 Å². The van der Waals surface area contributed by atoms with Gasteiger partial charge in [0.2, 0.25) is 0 Å². The number of para-hydroxylation sites is 1. The van der Waals surface area contributed by atoms with Crippen molar-refractivity contribution in [3.8, 4) is 50.5 Å². The van der Waals surface area contributed by atoms with Crippen LogP contribution in [0.15, 0.2) is 150 Å². The SMILES string of the molecule is Cc1ccc2c(n1)nc(-c1cccc3c1oc1cc(-c4ccc(-c5ccccc5)cc4)ccc13)n2-c1c(C(C)C)cc(-c2ccccc2)cc1C(C)C. The van der Waals surface area contributed by atoms with Crippen LogP contribution < -0.4 is 0 Å². The molecule has 258 valence electrons. The van der Waals surface area contributed by atoms with Gasteiger partial charge < -0.3 is 4.42 Å². The highest BCUT2D eigenvalue weighted by atomic mass is 16.3. The summed E-state index contributed by atoms with van der Waals surface area (Å²) >= 11 is 0. The van der Waals surface area contributed by atoms with Gasteiger partial charge >= 0.3 is 0 Å². The molecule has 0 aliphatic heterocycles. The van der Waals surface area contributed by atoms with E-state index in [1.807, 2.05) is 6.92 Å². The second kappa shape index (κ2) is 13.1. The Hall–Kier alpha value is -6.26. The number of rotatable bonds is 7. The van der Waals surface area contributed by atoms with Crippen LogP contribution in [0.3, 0.4) is 0 Å². The van der Waals surface area contributed by atoms with Crippen LogP contribution in [-0.4, -0.2) is 14.5 Å². The monoisotopic (exact) mass is 687 g/mol. The van der Waals surface area contributed by atoms with Crippen molar-refractivity contribution >= 4 is 33.1 Å². The van der Waals surface area contributed by atoms with Crippen LogP contribution in [0.2, 0.25) is 0 Å². The first-order valence-electron chi connectivity index (χ1n) is 18.6. The van der Waals surface area contributed by atoms with E-state index < -0.39 is 0 Å². The molecule has 0 atom stereocenters. The zero-order valence-electron chi connectivity index (χ0n) is 30.8. The highest BCUT2D eigenvalue weighted by molar-refractivity contribution is 6.10. The Morgan fingerprint density at radius 2 is 1.09 bits per heavy atom. The van der Waals surface area contributed by atoms with Gasteiger partial charge in [-0.05, 0) is 106 Å². The van der Waals surface area contributed by atoms with Gasteiger partial charge in [0, 0.05) is 16.5 Å². The van der Waals surface area contributed by atoms with Gasteiger partial charge in [0.1, 0.15) is 11.2 Å². The molecule has 9 rings (SSSR count). The van der Waals surface area contributed by atoms with E-state index in [2.05, 4.69) is 178 Å². The predicted molar refractivity (Wildman–Crippen MR) is 221 cm³/mol. The molecule has 0 spiro atoms. The minimum Gasteiger partial charge on any atom is -0.455 e. The normalized spacial score (nSPS) is 11.8. The minimum absolute atomic E-state index is 0.261. The van der Waals surface area contributed by atoms with E-state index in [4.69, 9.17) is 14.4 Å². The number of furan rings is 1. The Kier molecular flexibility index (Phi) is 8.04. The van der Waals surface area contributed by atoms with Crippen LogP contribution in [0.4, 0.5) is 0 Å². The van der Waals surface area contributed by atoms with Crippen molar-refractivity contribution in [2.45, 2.75) is 46.5 Å². The summed E-state index contributed by atoms with van der Waals surface area (Å²) in [5.74, 6) is 1.35. The molecule has 4 nitrogen and oxygen atoms in total. The largest absolute Gasteiger partial charge is 0.455 e. The maximum Gasteiger partial charge on any atom is 0.178 e. The molecule has 53 heavy (non-hydrogen) atoms. The summed E-state index contributed by atoms with van der Waals surface area (Å²) in [5.41, 5.74) is 16.1. The van der Waals surface area contributed by atoms with E-state index in [0.717, 1.165) is 61.3 Å². The molecule has 0 radical (unpaired) electrons. The third-order valence-corrected chi connectivity index (χ3v) is 10.5. The summed E-state index contributed by atoms with van der Waals surface area (Å²) < 4.78 is 9.21. The molecule has 0 unspecified atom stereocenters. The fraction of sp³-hybridized carbons (Fsp3) is 0.143. The molecule has 3 aromatic heterocycles. The lowest BCUT2D eigenvalue weighted by atomic mass is 9.88. The summed E-state index contributed by atoms with van der Waals surface area (Å²) in [6.45, 7) is 11.2. The number of imidazole rings is 1. The van der Waals surface area contributed by atoms with E-state index in [9.17, 15) is 0 Å². The van der Waals surface area contributed by atoms with Crippen molar-refractivity contribution < 1.29 is 4.42 Å². The average Bonchev–Trinajstić information content (AvgIpc) is 3.75. The minimum atomic E-state index is 0.261. The number of nitrogens with zero attached hydrogens (tertiary/aromatic N) is 3. The molecule has 0 aliphatic carbocycles. The zero-order chi connectivity index (χ0) is 36.2. The Morgan fingerprint density at radius 1 is 0.509 bits per heavy atom. The molecule has 0 aliphatic rings.